The highest BCUT2D eigenvalue weighted by atomic mass is 19.1. The second-order valence-electron chi connectivity index (χ2n) is 6.97. The molecular weight excluding hydrogens is 373 g/mol. The zero-order valence-electron chi connectivity index (χ0n) is 14.9. The Bertz CT molecular complexity index is 993. The molecule has 2 heterocycles. The molecule has 1 fully saturated rings. The first-order chi connectivity index (χ1) is 13.5. The Balaban J connectivity index is 1.78. The van der Waals surface area contributed by atoms with Gasteiger partial charge in [0, 0.05) is 24.8 Å². The van der Waals surface area contributed by atoms with E-state index in [1.807, 2.05) is 0 Å². The third kappa shape index (κ3) is 3.35. The van der Waals surface area contributed by atoms with Gasteiger partial charge in [0.2, 0.25) is 11.9 Å². The Hall–Kier alpha value is -2.88. The first-order valence-corrected chi connectivity index (χ1v) is 8.99. The highest BCUT2D eigenvalue weighted by Crippen LogP contribution is 2.37. The van der Waals surface area contributed by atoms with Crippen LogP contribution in [0.15, 0.2) is 18.3 Å². The standard InChI is InChI=1S/C18H19F3N6O/c19-10-5-12(20)15(13(21)6-10)25-18-24-14-7-23-17(22)26-16(14)27(18)11-3-1-9(8-28)2-4-11/h5-7,9,11,28H,1-4,8H2,(H,24,25)(H2,22,23,26). The normalized spacial score (nSPS) is 19.9. The second-order valence-corrected chi connectivity index (χ2v) is 6.97. The van der Waals surface area contributed by atoms with Crippen LogP contribution in [0.2, 0.25) is 0 Å². The first-order valence-electron chi connectivity index (χ1n) is 8.99. The number of nitrogens with two attached hydrogens (primary N) is 1. The molecule has 0 unspecified atom stereocenters. The number of hydrogen-bond acceptors (Lipinski definition) is 6. The van der Waals surface area contributed by atoms with Crippen molar-refractivity contribution in [1.29, 1.82) is 0 Å². The van der Waals surface area contributed by atoms with Gasteiger partial charge >= 0.3 is 0 Å². The van der Waals surface area contributed by atoms with Gasteiger partial charge in [0.15, 0.2) is 17.3 Å². The van der Waals surface area contributed by atoms with Crippen LogP contribution in [0.5, 0.6) is 0 Å². The van der Waals surface area contributed by atoms with E-state index < -0.39 is 23.1 Å². The molecule has 10 heteroatoms. The Kier molecular flexibility index (Phi) is 4.80. The third-order valence-electron chi connectivity index (χ3n) is 5.13. The summed E-state index contributed by atoms with van der Waals surface area (Å²) in [4.78, 5) is 12.5. The average molecular weight is 392 g/mol. The summed E-state index contributed by atoms with van der Waals surface area (Å²) < 4.78 is 43.2. The van der Waals surface area contributed by atoms with Crippen LogP contribution in [0, 0.1) is 23.4 Å². The van der Waals surface area contributed by atoms with Gasteiger partial charge in [-0.25, -0.2) is 23.1 Å². The monoisotopic (exact) mass is 392 g/mol. The van der Waals surface area contributed by atoms with Crippen LogP contribution in [-0.2, 0) is 0 Å². The lowest BCUT2D eigenvalue weighted by Gasteiger charge is -2.29. The fourth-order valence-corrected chi connectivity index (χ4v) is 3.70. The molecule has 0 saturated heterocycles. The van der Waals surface area contributed by atoms with Crippen molar-refractivity contribution in [3.05, 3.63) is 35.8 Å². The zero-order chi connectivity index (χ0) is 19.8. The predicted octanol–water partition coefficient (Wildman–Crippen LogP) is 3.29. The van der Waals surface area contributed by atoms with Gasteiger partial charge in [-0.15, -0.1) is 0 Å². The molecule has 0 spiro atoms. The molecule has 1 saturated carbocycles. The SMILES string of the molecule is Nc1ncc2nc(Nc3c(F)cc(F)cc3F)n(C3CCC(CO)CC3)c2n1. The summed E-state index contributed by atoms with van der Waals surface area (Å²) in [5, 5.41) is 12.0. The molecule has 28 heavy (non-hydrogen) atoms. The topological polar surface area (TPSA) is 102 Å². The Morgan fingerprint density at radius 3 is 2.43 bits per heavy atom. The molecule has 0 radical (unpaired) electrons. The summed E-state index contributed by atoms with van der Waals surface area (Å²) in [5.74, 6) is -2.67. The first kappa shape index (κ1) is 18.5. The number of benzene rings is 1. The van der Waals surface area contributed by atoms with Crippen molar-refractivity contribution < 1.29 is 18.3 Å². The molecule has 0 aliphatic heterocycles. The maximum absolute atomic E-state index is 14.1. The summed E-state index contributed by atoms with van der Waals surface area (Å²) in [6, 6.07) is 1.15. The molecule has 3 aromatic rings. The number of imidazole rings is 1. The van der Waals surface area contributed by atoms with E-state index in [4.69, 9.17) is 5.73 Å². The van der Waals surface area contributed by atoms with Crippen molar-refractivity contribution in [2.75, 3.05) is 17.7 Å². The van der Waals surface area contributed by atoms with Gasteiger partial charge in [0.25, 0.3) is 0 Å². The third-order valence-corrected chi connectivity index (χ3v) is 5.13. The molecular formula is C18H19F3N6O. The molecule has 4 N–H and O–H groups in total. The van der Waals surface area contributed by atoms with Crippen LogP contribution in [-0.4, -0.2) is 31.2 Å². The maximum atomic E-state index is 14.1. The van der Waals surface area contributed by atoms with E-state index in [0.29, 0.717) is 23.3 Å². The van der Waals surface area contributed by atoms with Gasteiger partial charge < -0.3 is 16.2 Å². The molecule has 4 rings (SSSR count). The summed E-state index contributed by atoms with van der Waals surface area (Å²) in [6.07, 6.45) is 4.53. The minimum absolute atomic E-state index is 0.0452. The van der Waals surface area contributed by atoms with E-state index >= 15 is 0 Å². The number of aliphatic hydroxyl groups excluding tert-OH is 1. The molecule has 0 bridgehead atoms. The number of fused-ring (bicyclic) bond motifs is 1. The molecule has 0 atom stereocenters. The van der Waals surface area contributed by atoms with Gasteiger partial charge in [0.1, 0.15) is 17.0 Å². The van der Waals surface area contributed by atoms with Crippen molar-refractivity contribution in [1.82, 2.24) is 19.5 Å². The number of rotatable bonds is 4. The van der Waals surface area contributed by atoms with Crippen molar-refractivity contribution >= 4 is 28.7 Å². The van der Waals surface area contributed by atoms with Gasteiger partial charge in [-0.2, -0.15) is 4.98 Å². The summed E-state index contributed by atoms with van der Waals surface area (Å²) >= 11 is 0. The Morgan fingerprint density at radius 2 is 1.79 bits per heavy atom. The molecule has 148 valence electrons. The summed E-state index contributed by atoms with van der Waals surface area (Å²) in [6.45, 7) is 0.129. The van der Waals surface area contributed by atoms with Crippen molar-refractivity contribution in [3.63, 3.8) is 0 Å². The Labute approximate surface area is 158 Å². The molecule has 7 nitrogen and oxygen atoms in total. The van der Waals surface area contributed by atoms with E-state index in [9.17, 15) is 18.3 Å². The van der Waals surface area contributed by atoms with E-state index in [1.54, 1.807) is 4.57 Å². The van der Waals surface area contributed by atoms with Gasteiger partial charge in [-0.1, -0.05) is 0 Å². The molecule has 0 amide bonds. The number of halogens is 3. The molecule has 1 aromatic carbocycles. The van der Waals surface area contributed by atoms with Crippen molar-refractivity contribution in [2.24, 2.45) is 5.92 Å². The van der Waals surface area contributed by atoms with Gasteiger partial charge in [0.05, 0.1) is 6.20 Å². The number of aliphatic hydroxyl groups is 1. The van der Waals surface area contributed by atoms with E-state index in [1.165, 1.54) is 6.20 Å². The lowest BCUT2D eigenvalue weighted by molar-refractivity contribution is 0.170. The zero-order valence-corrected chi connectivity index (χ0v) is 14.9. The van der Waals surface area contributed by atoms with Crippen LogP contribution >= 0.6 is 0 Å². The minimum atomic E-state index is -1.06. The number of hydrogen-bond donors (Lipinski definition) is 3. The average Bonchev–Trinajstić information content (AvgIpc) is 3.02. The number of aromatic nitrogens is 4. The van der Waals surface area contributed by atoms with Crippen molar-refractivity contribution in [3.8, 4) is 0 Å². The fourth-order valence-electron chi connectivity index (χ4n) is 3.70. The van der Waals surface area contributed by atoms with Crippen molar-refractivity contribution in [2.45, 2.75) is 31.7 Å². The second kappa shape index (κ2) is 7.27. The number of nitrogens with zero attached hydrogens (tertiary/aromatic N) is 4. The highest BCUT2D eigenvalue weighted by molar-refractivity contribution is 5.76. The van der Waals surface area contributed by atoms with Gasteiger partial charge in [-0.05, 0) is 31.6 Å². The molecule has 1 aliphatic rings. The van der Waals surface area contributed by atoms with Crippen LogP contribution in [0.25, 0.3) is 11.2 Å². The number of nitrogens with one attached hydrogen (secondary N) is 1. The highest BCUT2D eigenvalue weighted by Gasteiger charge is 2.27. The number of anilines is 3. The quantitative estimate of drug-likeness (QED) is 0.630. The van der Waals surface area contributed by atoms with Gasteiger partial charge in [-0.3, -0.25) is 4.57 Å². The predicted molar refractivity (Wildman–Crippen MR) is 97.4 cm³/mol. The van der Waals surface area contributed by atoms with Crippen LogP contribution < -0.4 is 11.1 Å². The van der Waals surface area contributed by atoms with E-state index in [0.717, 1.165) is 25.7 Å². The molecule has 2 aromatic heterocycles. The largest absolute Gasteiger partial charge is 0.396 e. The maximum Gasteiger partial charge on any atom is 0.222 e. The smallest absolute Gasteiger partial charge is 0.222 e. The van der Waals surface area contributed by atoms with Crippen LogP contribution in [0.4, 0.5) is 30.8 Å². The van der Waals surface area contributed by atoms with E-state index in [-0.39, 0.29) is 30.5 Å². The fraction of sp³-hybridized carbons (Fsp3) is 0.389. The Morgan fingerprint density at radius 1 is 1.11 bits per heavy atom. The lowest BCUT2D eigenvalue weighted by Crippen LogP contribution is -2.21. The minimum Gasteiger partial charge on any atom is -0.396 e. The molecule has 1 aliphatic carbocycles. The summed E-state index contributed by atoms with van der Waals surface area (Å²) in [7, 11) is 0. The van der Waals surface area contributed by atoms with Crippen LogP contribution in [0.3, 0.4) is 0 Å². The summed E-state index contributed by atoms with van der Waals surface area (Å²) in [5.41, 5.74) is 6.09. The number of nitrogen functional groups attached to an aromatic ring is 1. The van der Waals surface area contributed by atoms with Crippen LogP contribution in [0.1, 0.15) is 31.7 Å². The van der Waals surface area contributed by atoms with E-state index in [2.05, 4.69) is 20.3 Å². The lowest BCUT2D eigenvalue weighted by atomic mass is 9.86.